The molecule has 172 valence electrons. The number of hydrogen-bond acceptors (Lipinski definition) is 4. The molecule has 30 heavy (non-hydrogen) atoms. The molecule has 2 aliphatic heterocycles. The van der Waals surface area contributed by atoms with Gasteiger partial charge in [0.15, 0.2) is 5.96 Å². The van der Waals surface area contributed by atoms with Crippen molar-refractivity contribution in [2.75, 3.05) is 51.2 Å². The van der Waals surface area contributed by atoms with Gasteiger partial charge in [-0.05, 0) is 68.6 Å². The lowest BCUT2D eigenvalue weighted by Gasteiger charge is -2.34. The van der Waals surface area contributed by atoms with E-state index in [4.69, 9.17) is 0 Å². The quantitative estimate of drug-likeness (QED) is 0.312. The van der Waals surface area contributed by atoms with E-state index in [9.17, 15) is 13.2 Å². The van der Waals surface area contributed by atoms with Gasteiger partial charge in [-0.2, -0.15) is 13.2 Å². The first kappa shape index (κ1) is 25.5. The minimum atomic E-state index is -4.09. The molecule has 10 heteroatoms. The van der Waals surface area contributed by atoms with E-state index in [-0.39, 0.29) is 24.0 Å². The Hall–Kier alpha value is -0.750. The molecule has 3 heterocycles. The van der Waals surface area contributed by atoms with Crippen molar-refractivity contribution in [3.05, 3.63) is 17.5 Å². The third-order valence-electron chi connectivity index (χ3n) is 5.83. The van der Waals surface area contributed by atoms with Crippen LogP contribution >= 0.6 is 35.3 Å². The normalized spacial score (nSPS) is 20.1. The van der Waals surface area contributed by atoms with Crippen LogP contribution in [0.25, 0.3) is 0 Å². The van der Waals surface area contributed by atoms with Gasteiger partial charge in [0.2, 0.25) is 0 Å². The fraction of sp³-hybridized carbons (Fsp3) is 0.750. The first-order valence-electron chi connectivity index (χ1n) is 10.5. The van der Waals surface area contributed by atoms with Crippen LogP contribution in [0.15, 0.2) is 22.5 Å². The molecule has 2 aliphatic rings. The number of alkyl halides is 3. The van der Waals surface area contributed by atoms with Gasteiger partial charge >= 0.3 is 6.18 Å². The first-order valence-corrected chi connectivity index (χ1v) is 11.4. The predicted octanol–water partition coefficient (Wildman–Crippen LogP) is 4.16. The SMILES string of the molecule is CN=C(NCCC1CCN(CC(F)(F)F)CC1)NC1CCN(c2cccs2)CC1.I. The van der Waals surface area contributed by atoms with Gasteiger partial charge in [0.1, 0.15) is 0 Å². The van der Waals surface area contributed by atoms with Crippen LogP contribution in [0.4, 0.5) is 18.2 Å². The molecule has 2 N–H and O–H groups in total. The highest BCUT2D eigenvalue weighted by Gasteiger charge is 2.32. The molecule has 1 aromatic rings. The molecule has 2 fully saturated rings. The van der Waals surface area contributed by atoms with Crippen LogP contribution in [0.3, 0.4) is 0 Å². The van der Waals surface area contributed by atoms with E-state index in [1.807, 2.05) is 0 Å². The largest absolute Gasteiger partial charge is 0.401 e. The van der Waals surface area contributed by atoms with Gasteiger partial charge in [0, 0.05) is 32.7 Å². The van der Waals surface area contributed by atoms with E-state index < -0.39 is 12.7 Å². The minimum absolute atomic E-state index is 0. The topological polar surface area (TPSA) is 42.9 Å². The van der Waals surface area contributed by atoms with Crippen LogP contribution in [-0.4, -0.2) is 69.4 Å². The van der Waals surface area contributed by atoms with Gasteiger partial charge in [-0.3, -0.25) is 9.89 Å². The maximum atomic E-state index is 12.5. The summed E-state index contributed by atoms with van der Waals surface area (Å²) in [5.74, 6) is 1.31. The smallest absolute Gasteiger partial charge is 0.363 e. The predicted molar refractivity (Wildman–Crippen MR) is 129 cm³/mol. The van der Waals surface area contributed by atoms with E-state index in [0.29, 0.717) is 25.0 Å². The molecule has 0 spiro atoms. The zero-order valence-corrected chi connectivity index (χ0v) is 20.6. The summed E-state index contributed by atoms with van der Waals surface area (Å²) >= 11 is 1.79. The molecule has 0 aromatic carbocycles. The molecule has 0 aliphatic carbocycles. The fourth-order valence-corrected chi connectivity index (χ4v) is 4.95. The summed E-state index contributed by atoms with van der Waals surface area (Å²) in [7, 11) is 1.78. The fourth-order valence-electron chi connectivity index (χ4n) is 4.16. The number of thiophene rings is 1. The van der Waals surface area contributed by atoms with Crippen molar-refractivity contribution in [3.8, 4) is 0 Å². The van der Waals surface area contributed by atoms with Crippen LogP contribution in [0.2, 0.25) is 0 Å². The van der Waals surface area contributed by atoms with Gasteiger partial charge in [-0.15, -0.1) is 35.3 Å². The zero-order valence-electron chi connectivity index (χ0n) is 17.5. The lowest BCUT2D eigenvalue weighted by Crippen LogP contribution is -2.49. The highest BCUT2D eigenvalue weighted by molar-refractivity contribution is 14.0. The Bertz CT molecular complexity index is 625. The van der Waals surface area contributed by atoms with Crippen LogP contribution in [0.1, 0.15) is 32.1 Å². The molecule has 0 amide bonds. The van der Waals surface area contributed by atoms with Crippen molar-refractivity contribution < 1.29 is 13.2 Å². The van der Waals surface area contributed by atoms with E-state index in [1.54, 1.807) is 18.4 Å². The number of nitrogens with one attached hydrogen (secondary N) is 2. The monoisotopic (exact) mass is 559 g/mol. The Balaban J connectivity index is 0.00000320. The third kappa shape index (κ3) is 8.41. The minimum Gasteiger partial charge on any atom is -0.363 e. The second kappa shape index (κ2) is 12.3. The Morgan fingerprint density at radius 2 is 1.87 bits per heavy atom. The lowest BCUT2D eigenvalue weighted by atomic mass is 9.93. The van der Waals surface area contributed by atoms with Gasteiger partial charge in [-0.25, -0.2) is 0 Å². The number of anilines is 1. The summed E-state index contributed by atoms with van der Waals surface area (Å²) in [6.07, 6.45) is 0.715. The molecule has 0 bridgehead atoms. The van der Waals surface area contributed by atoms with E-state index in [2.05, 4.69) is 38.0 Å². The number of rotatable bonds is 6. The highest BCUT2D eigenvalue weighted by atomic mass is 127. The van der Waals surface area contributed by atoms with Crippen LogP contribution < -0.4 is 15.5 Å². The molecule has 0 radical (unpaired) electrons. The first-order chi connectivity index (χ1) is 13.9. The molecule has 0 atom stereocenters. The van der Waals surface area contributed by atoms with Crippen LogP contribution in [0.5, 0.6) is 0 Å². The van der Waals surface area contributed by atoms with Gasteiger partial charge in [0.05, 0.1) is 11.5 Å². The van der Waals surface area contributed by atoms with Crippen molar-refractivity contribution in [2.45, 2.75) is 44.3 Å². The second-order valence-corrected chi connectivity index (χ2v) is 8.91. The maximum Gasteiger partial charge on any atom is 0.401 e. The summed E-state index contributed by atoms with van der Waals surface area (Å²) in [4.78, 5) is 8.29. The highest BCUT2D eigenvalue weighted by Crippen LogP contribution is 2.25. The number of halogens is 4. The molecule has 5 nitrogen and oxygen atoms in total. The molecule has 0 unspecified atom stereocenters. The number of aliphatic imine (C=N–C) groups is 1. The second-order valence-electron chi connectivity index (χ2n) is 7.98. The number of piperidine rings is 2. The van der Waals surface area contributed by atoms with Crippen molar-refractivity contribution in [1.29, 1.82) is 0 Å². The summed E-state index contributed by atoms with van der Waals surface area (Å²) in [5.41, 5.74) is 0. The van der Waals surface area contributed by atoms with Crippen LogP contribution in [-0.2, 0) is 0 Å². The Kier molecular flexibility index (Phi) is 10.5. The maximum absolute atomic E-state index is 12.5. The molecular formula is C20H33F3IN5S. The Morgan fingerprint density at radius 1 is 1.17 bits per heavy atom. The zero-order chi connectivity index (χ0) is 20.7. The van der Waals surface area contributed by atoms with E-state index >= 15 is 0 Å². The third-order valence-corrected chi connectivity index (χ3v) is 6.76. The standard InChI is InChI=1S/C20H32F3N5S.HI/c1-24-19(26-17-7-12-28(13-8-17)18-3-2-14-29-18)25-9-4-16-5-10-27(11-6-16)15-20(21,22)23;/h2-3,14,16-17H,4-13,15H2,1H3,(H2,24,25,26);1H. The molecule has 2 saturated heterocycles. The number of guanidine groups is 1. The van der Waals surface area contributed by atoms with Crippen molar-refractivity contribution in [3.63, 3.8) is 0 Å². The molecular weight excluding hydrogens is 526 g/mol. The van der Waals surface area contributed by atoms with E-state index in [1.165, 1.54) is 9.90 Å². The Morgan fingerprint density at radius 3 is 2.43 bits per heavy atom. The van der Waals surface area contributed by atoms with Gasteiger partial charge in [0.25, 0.3) is 0 Å². The number of hydrogen-bond donors (Lipinski definition) is 2. The van der Waals surface area contributed by atoms with E-state index in [0.717, 1.165) is 57.7 Å². The average molecular weight is 559 g/mol. The summed E-state index contributed by atoms with van der Waals surface area (Å²) < 4.78 is 37.4. The lowest BCUT2D eigenvalue weighted by molar-refractivity contribution is -0.148. The number of likely N-dealkylation sites (tertiary alicyclic amines) is 1. The van der Waals surface area contributed by atoms with Gasteiger partial charge < -0.3 is 15.5 Å². The van der Waals surface area contributed by atoms with Gasteiger partial charge in [-0.1, -0.05) is 0 Å². The molecule has 3 rings (SSSR count). The number of nitrogens with zero attached hydrogens (tertiary/aromatic N) is 3. The van der Waals surface area contributed by atoms with Crippen molar-refractivity contribution in [1.82, 2.24) is 15.5 Å². The summed E-state index contributed by atoms with van der Waals surface area (Å²) in [6.45, 7) is 3.20. The summed E-state index contributed by atoms with van der Waals surface area (Å²) in [6, 6.07) is 4.69. The molecule has 1 aromatic heterocycles. The van der Waals surface area contributed by atoms with Crippen molar-refractivity contribution >= 4 is 46.3 Å². The average Bonchev–Trinajstić information content (AvgIpc) is 3.23. The van der Waals surface area contributed by atoms with Crippen molar-refractivity contribution in [2.24, 2.45) is 10.9 Å². The summed E-state index contributed by atoms with van der Waals surface area (Å²) in [5, 5.41) is 10.4. The Labute approximate surface area is 198 Å². The molecule has 0 saturated carbocycles. The van der Waals surface area contributed by atoms with Crippen LogP contribution in [0, 0.1) is 5.92 Å².